The van der Waals surface area contributed by atoms with Gasteiger partial charge in [0.25, 0.3) is 0 Å². The van der Waals surface area contributed by atoms with Gasteiger partial charge in [-0.3, -0.25) is 9.36 Å². The Labute approximate surface area is 643 Å². The maximum absolute atomic E-state index is 12.3. The van der Waals surface area contributed by atoms with Gasteiger partial charge in [0.2, 0.25) is 0 Å². The minimum absolute atomic E-state index is 0.0262. The number of aromatic hydroxyl groups is 3. The van der Waals surface area contributed by atoms with Gasteiger partial charge in [-0.2, -0.15) is 0 Å². The van der Waals surface area contributed by atoms with Crippen LogP contribution in [-0.4, -0.2) is 93.7 Å². The van der Waals surface area contributed by atoms with E-state index in [1.165, 1.54) is 124 Å². The summed E-state index contributed by atoms with van der Waals surface area (Å²) >= 11 is 36.5. The quantitative estimate of drug-likeness (QED) is 0.0274. The average Bonchev–Trinajstić information content (AvgIpc) is 0.752. The molecule has 8 aliphatic carbocycles. The molecule has 0 saturated heterocycles. The highest BCUT2D eigenvalue weighted by Gasteiger charge is 2.48. The van der Waals surface area contributed by atoms with Crippen LogP contribution in [0.25, 0.3) is 11.5 Å². The van der Waals surface area contributed by atoms with Crippen LogP contribution in [0.4, 0.5) is 0 Å². The fraction of sp³-hybridized carbons (Fsp3) is 0.494. The third kappa shape index (κ3) is 22.1. The second-order valence-corrected chi connectivity index (χ2v) is 39.7. The fourth-order valence-corrected chi connectivity index (χ4v) is 17.5. The van der Waals surface area contributed by atoms with Crippen molar-refractivity contribution in [3.8, 4) is 17.2 Å². The van der Waals surface area contributed by atoms with Crippen LogP contribution in [0.5, 0.6) is 17.2 Å². The van der Waals surface area contributed by atoms with Crippen LogP contribution in [-0.2, 0) is 46.8 Å². The molecule has 8 saturated carbocycles. The second kappa shape index (κ2) is 40.0. The number of phenols is 3. The lowest BCUT2D eigenvalue weighted by atomic mass is 9.54. The summed E-state index contributed by atoms with van der Waals surface area (Å²) in [6, 6.07) is 32.4. The number of carbonyl (C=O) groups is 1. The third-order valence-electron chi connectivity index (χ3n) is 21.1. The first-order valence-corrected chi connectivity index (χ1v) is 42.2. The molecule has 0 aliphatic heterocycles. The Morgan fingerprint density at radius 1 is 0.437 bits per heavy atom. The second-order valence-electron chi connectivity index (χ2n) is 29.2. The molecule has 8 aliphatic rings. The number of hydrogen-bond acceptors (Lipinski definition) is 14. The van der Waals surface area contributed by atoms with Crippen molar-refractivity contribution < 1.29 is 66.9 Å². The Kier molecular flexibility index (Phi) is 33.9. The van der Waals surface area contributed by atoms with Gasteiger partial charge in [-0.15, -0.1) is 0 Å². The van der Waals surface area contributed by atoms with Crippen molar-refractivity contribution >= 4 is 103 Å². The number of allylic oxidation sites excluding steroid dienone is 2. The molecule has 0 aromatic heterocycles. The lowest BCUT2D eigenvalue weighted by molar-refractivity contribution is -0.106. The predicted octanol–water partition coefficient (Wildman–Crippen LogP) is 24.4. The monoisotopic (exact) mass is 1570 g/mol. The number of aryl methyl sites for hydroxylation is 3. The third-order valence-corrected chi connectivity index (χ3v) is 30.5. The van der Waals surface area contributed by atoms with E-state index >= 15 is 0 Å². The maximum Gasteiger partial charge on any atom is 0.363 e. The molecule has 8 bridgehead atoms. The van der Waals surface area contributed by atoms with E-state index in [9.17, 15) is 19.6 Å². The average molecular weight is 1580 g/mol. The van der Waals surface area contributed by atoms with Gasteiger partial charge in [0, 0.05) is 96.2 Å². The molecule has 1 atom stereocenters. The van der Waals surface area contributed by atoms with E-state index in [0.29, 0.717) is 54.9 Å². The summed E-state index contributed by atoms with van der Waals surface area (Å²) in [5.41, 5.74) is 10.4. The largest absolute Gasteiger partial charge is 0.506 e. The minimum Gasteiger partial charge on any atom is -0.506 e. The summed E-state index contributed by atoms with van der Waals surface area (Å²) in [6.07, 6.45) is 13.3. The first-order valence-electron chi connectivity index (χ1n) is 34.8. The SMILES string of the molecule is CC(C)(C)[Si](C)(C)C.COC(=C1C2CC3CC(C2)CC1C3)c1cccc(C)c1Cl.COC(=C1C2CC3CC(C2)CC1C3)c1cccc(O)c1Cl.COC(OC)c1cccc(C)c1Cl.COC(OC)c1cccc(O)c1Cl.COC(c1cccc(C)c1Cl)P(=O)(OC)OC.O=Cc1cccc(O)c1Cl. The number of halogens is 6. The molecule has 0 radical (unpaired) electrons. The number of hydrogen-bond donors (Lipinski definition) is 3. The molecule has 566 valence electrons. The maximum atomic E-state index is 12.3. The topological polar surface area (TPSA) is 178 Å². The van der Waals surface area contributed by atoms with E-state index < -0.39 is 27.8 Å². The number of aldehydes is 1. The Morgan fingerprint density at radius 2 is 0.748 bits per heavy atom. The number of ether oxygens (including phenoxy) is 7. The van der Waals surface area contributed by atoms with Crippen LogP contribution in [0.2, 0.25) is 54.8 Å². The Bertz CT molecular complexity index is 3630. The normalized spacial score (nSPS) is 20.6. The molecule has 0 amide bonds. The molecule has 0 heterocycles. The molecule has 103 heavy (non-hydrogen) atoms. The fourth-order valence-electron chi connectivity index (χ4n) is 14.9. The van der Waals surface area contributed by atoms with E-state index in [4.69, 9.17) is 117 Å². The highest BCUT2D eigenvalue weighted by molar-refractivity contribution is 7.54. The first kappa shape index (κ1) is 87.3. The van der Waals surface area contributed by atoms with Crippen LogP contribution in [0, 0.1) is 68.1 Å². The van der Waals surface area contributed by atoms with E-state index in [1.807, 2.05) is 63.4 Å². The molecule has 14 nitrogen and oxygen atoms in total. The van der Waals surface area contributed by atoms with Gasteiger partial charge in [0.15, 0.2) is 24.7 Å². The van der Waals surface area contributed by atoms with Crippen LogP contribution in [0.15, 0.2) is 120 Å². The molecule has 22 heteroatoms. The summed E-state index contributed by atoms with van der Waals surface area (Å²) in [6.45, 7) is 20.1. The van der Waals surface area contributed by atoms with Crippen LogP contribution >= 0.6 is 77.2 Å². The lowest BCUT2D eigenvalue weighted by Crippen LogP contribution is -2.40. The summed E-state index contributed by atoms with van der Waals surface area (Å²) in [5.74, 6) is 7.88. The van der Waals surface area contributed by atoms with E-state index in [0.717, 1.165) is 85.4 Å². The summed E-state index contributed by atoms with van der Waals surface area (Å²) in [4.78, 5) is 10.2. The molecule has 3 N–H and O–H groups in total. The molecular formula is C81H107Cl6O14PSi. The lowest BCUT2D eigenvalue weighted by Gasteiger charge is -2.51. The van der Waals surface area contributed by atoms with Crippen molar-refractivity contribution in [2.75, 3.05) is 64.0 Å². The van der Waals surface area contributed by atoms with E-state index in [-0.39, 0.29) is 33.6 Å². The smallest absolute Gasteiger partial charge is 0.363 e. The van der Waals surface area contributed by atoms with Gasteiger partial charge in [-0.25, -0.2) is 0 Å². The van der Waals surface area contributed by atoms with E-state index in [1.54, 1.807) is 57.2 Å². The number of carbonyl (C=O) groups excluding carboxylic acids is 1. The molecule has 1 unspecified atom stereocenters. The van der Waals surface area contributed by atoms with Crippen molar-refractivity contribution in [3.05, 3.63) is 201 Å². The highest BCUT2D eigenvalue weighted by Crippen LogP contribution is 2.62. The van der Waals surface area contributed by atoms with Crippen molar-refractivity contribution in [3.63, 3.8) is 0 Å². The van der Waals surface area contributed by atoms with Gasteiger partial charge in [-0.05, 0) is 202 Å². The zero-order chi connectivity index (χ0) is 76.4. The summed E-state index contributed by atoms with van der Waals surface area (Å²) in [7, 11) is 9.59. The van der Waals surface area contributed by atoms with Crippen molar-refractivity contribution in [1.82, 2.24) is 0 Å². The number of rotatable bonds is 16. The zero-order valence-electron chi connectivity index (χ0n) is 62.9. The van der Waals surface area contributed by atoms with Gasteiger partial charge in [-0.1, -0.05) is 183 Å². The van der Waals surface area contributed by atoms with Gasteiger partial charge in [0.05, 0.1) is 39.3 Å². The number of benzene rings is 6. The van der Waals surface area contributed by atoms with Crippen molar-refractivity contribution in [1.29, 1.82) is 0 Å². The van der Waals surface area contributed by atoms with Gasteiger partial charge >= 0.3 is 7.60 Å². The highest BCUT2D eigenvalue weighted by atomic mass is 35.5. The molecular weight excluding hydrogens is 1470 g/mol. The number of methoxy groups -OCH3 is 7. The van der Waals surface area contributed by atoms with Gasteiger partial charge in [0.1, 0.15) is 28.8 Å². The minimum atomic E-state index is -3.37. The molecule has 0 spiro atoms. The van der Waals surface area contributed by atoms with Crippen molar-refractivity contribution in [2.24, 2.45) is 47.3 Å². The van der Waals surface area contributed by atoms with E-state index in [2.05, 4.69) is 65.5 Å². The Hall–Kier alpha value is -4.62. The Balaban J connectivity index is 0.000000193. The molecule has 14 rings (SSSR count). The van der Waals surface area contributed by atoms with Crippen molar-refractivity contribution in [2.45, 2.75) is 149 Å². The Morgan fingerprint density at radius 3 is 1.10 bits per heavy atom. The van der Waals surface area contributed by atoms with Gasteiger partial charge < -0.3 is 57.5 Å². The first-order chi connectivity index (χ1) is 48.7. The van der Waals surface area contributed by atoms with Crippen LogP contribution in [0.3, 0.4) is 0 Å². The molecule has 8 fully saturated rings. The van der Waals surface area contributed by atoms with Crippen LogP contribution in [0.1, 0.15) is 158 Å². The molecule has 6 aromatic carbocycles. The summed E-state index contributed by atoms with van der Waals surface area (Å²) < 4.78 is 59.3. The predicted molar refractivity (Wildman–Crippen MR) is 423 cm³/mol. The van der Waals surface area contributed by atoms with Crippen LogP contribution < -0.4 is 0 Å². The standard InChI is InChI=1S/C19H23ClO.C18H21ClO2.C11H16ClO4P.C10H13ClO2.C9H11ClO3.C7H5ClO2.C7H18Si/c1-11-4-3-5-16(18(11)20)19(21-2)17-14-7-12-6-13(9-14)10-15(17)8-12;1-21-18(14-3-2-4-15(20)17(14)19)16-12-6-10-5-11(8-12)9-13(16)7-10;1-8-6-5-7-9(10(8)12)11(14-2)17(13,15-3)16-4;1-7-5-4-6-8(9(7)11)10(12-2)13-3;1-12-9(13-2)6-4-3-5-7(11)8(6)10;8-7-5(4-9)2-1-3-6(7)10;1-7(2,3)8(4,5)6/h3-5,12-15H,6-10H2,1-2H3;2-4,10-13,20H,5-9H2,1H3;5-7,11H,1-4H3;4-6,10H,1-3H3;3-5,9,11H,1-2H3;1-4,10H;1-6H3. The molecule has 6 aromatic rings. The zero-order valence-corrected chi connectivity index (χ0v) is 69.4. The summed E-state index contributed by atoms with van der Waals surface area (Å²) in [5, 5.41) is 31.6. The number of phenolic OH excluding ortho intramolecular Hbond substituents is 3.